The number of anilines is 1. The second-order valence-electron chi connectivity index (χ2n) is 6.32. The van der Waals surface area contributed by atoms with E-state index >= 15 is 0 Å². The number of ether oxygens (including phenoxy) is 1. The van der Waals surface area contributed by atoms with E-state index in [9.17, 15) is 9.59 Å². The number of benzene rings is 2. The third-order valence-electron chi connectivity index (χ3n) is 4.74. The number of nitrogens with one attached hydrogen (secondary N) is 1. The summed E-state index contributed by atoms with van der Waals surface area (Å²) in [6.07, 6.45) is 0.394. The highest BCUT2D eigenvalue weighted by Gasteiger charge is 2.31. The number of rotatable bonds is 3. The molecule has 2 unspecified atom stereocenters. The van der Waals surface area contributed by atoms with E-state index in [2.05, 4.69) is 5.32 Å². The predicted octanol–water partition coefficient (Wildman–Crippen LogP) is 2.75. The van der Waals surface area contributed by atoms with Gasteiger partial charge in [0.1, 0.15) is 11.9 Å². The minimum Gasteiger partial charge on any atom is -0.497 e. The highest BCUT2D eigenvalue weighted by molar-refractivity contribution is 5.80. The first-order chi connectivity index (χ1) is 12.1. The molecule has 6 nitrogen and oxygen atoms in total. The van der Waals surface area contributed by atoms with Gasteiger partial charge in [-0.25, -0.2) is 9.36 Å². The van der Waals surface area contributed by atoms with Crippen molar-refractivity contribution in [2.24, 2.45) is 0 Å². The molecule has 0 saturated heterocycles. The molecular formula is C19H19N3O3. The molecule has 0 radical (unpaired) electrons. The van der Waals surface area contributed by atoms with Gasteiger partial charge < -0.3 is 10.1 Å². The van der Waals surface area contributed by atoms with E-state index in [0.717, 1.165) is 11.4 Å². The minimum atomic E-state index is -0.270. The van der Waals surface area contributed by atoms with Crippen LogP contribution in [0, 0.1) is 0 Å². The van der Waals surface area contributed by atoms with Crippen LogP contribution in [0.2, 0.25) is 0 Å². The van der Waals surface area contributed by atoms with Gasteiger partial charge in [-0.05, 0) is 43.3 Å². The van der Waals surface area contributed by atoms with Crippen molar-refractivity contribution < 1.29 is 4.74 Å². The number of hydrogen-bond acceptors (Lipinski definition) is 4. The molecule has 1 aliphatic heterocycles. The highest BCUT2D eigenvalue weighted by atomic mass is 16.5. The number of aromatic nitrogens is 2. The second-order valence-corrected chi connectivity index (χ2v) is 6.32. The average Bonchev–Trinajstić information content (AvgIpc) is 2.96. The van der Waals surface area contributed by atoms with Gasteiger partial charge in [-0.3, -0.25) is 9.59 Å². The van der Waals surface area contributed by atoms with Crippen molar-refractivity contribution in [3.05, 3.63) is 69.2 Å². The Morgan fingerprint density at radius 3 is 2.16 bits per heavy atom. The molecule has 0 spiro atoms. The van der Waals surface area contributed by atoms with Crippen molar-refractivity contribution in [3.8, 4) is 5.75 Å². The summed E-state index contributed by atoms with van der Waals surface area (Å²) >= 11 is 0. The molecule has 0 amide bonds. The lowest BCUT2D eigenvalue weighted by molar-refractivity contribution is 0.415. The van der Waals surface area contributed by atoms with Gasteiger partial charge in [0.15, 0.2) is 0 Å². The first-order valence-corrected chi connectivity index (χ1v) is 8.27. The molecule has 0 aliphatic carbocycles. The van der Waals surface area contributed by atoms with Gasteiger partial charge in [0.05, 0.1) is 23.9 Å². The Labute approximate surface area is 144 Å². The summed E-state index contributed by atoms with van der Waals surface area (Å²) in [5, 5.41) is 4.29. The molecule has 1 aliphatic rings. The quantitative estimate of drug-likeness (QED) is 0.798. The van der Waals surface area contributed by atoms with Crippen LogP contribution in [0.3, 0.4) is 0 Å². The van der Waals surface area contributed by atoms with E-state index in [4.69, 9.17) is 4.74 Å². The van der Waals surface area contributed by atoms with E-state index < -0.39 is 0 Å². The third-order valence-corrected chi connectivity index (χ3v) is 4.74. The topological polar surface area (TPSA) is 65.3 Å². The zero-order valence-electron chi connectivity index (χ0n) is 14.1. The lowest BCUT2D eigenvalue weighted by Crippen LogP contribution is -2.38. The molecular weight excluding hydrogens is 318 g/mol. The Hall–Kier alpha value is -3.02. The van der Waals surface area contributed by atoms with Gasteiger partial charge in [0.25, 0.3) is 11.1 Å². The van der Waals surface area contributed by atoms with E-state index in [1.807, 2.05) is 31.2 Å². The zero-order chi connectivity index (χ0) is 17.6. The van der Waals surface area contributed by atoms with Crippen LogP contribution < -0.4 is 21.2 Å². The molecule has 3 aromatic rings. The minimum absolute atomic E-state index is 0.0550. The first kappa shape index (κ1) is 15.5. The fourth-order valence-corrected chi connectivity index (χ4v) is 3.53. The van der Waals surface area contributed by atoms with Crippen molar-refractivity contribution in [2.75, 3.05) is 12.4 Å². The molecule has 2 heterocycles. The fraction of sp³-hybridized carbons (Fsp3) is 0.263. The van der Waals surface area contributed by atoms with Gasteiger partial charge in [-0.1, -0.05) is 12.1 Å². The summed E-state index contributed by atoms with van der Waals surface area (Å²) < 4.78 is 8.30. The Balaban J connectivity index is 1.82. The van der Waals surface area contributed by atoms with Crippen LogP contribution in [0.15, 0.2) is 58.1 Å². The Kier molecular flexibility index (Phi) is 3.60. The summed E-state index contributed by atoms with van der Waals surface area (Å²) in [5.41, 5.74) is 0.603. The van der Waals surface area contributed by atoms with Crippen LogP contribution in [0.5, 0.6) is 5.75 Å². The largest absolute Gasteiger partial charge is 0.497 e. The molecule has 4 rings (SSSR count). The van der Waals surface area contributed by atoms with Crippen molar-refractivity contribution in [1.82, 2.24) is 9.36 Å². The predicted molar refractivity (Wildman–Crippen MR) is 97.4 cm³/mol. The van der Waals surface area contributed by atoms with E-state index in [1.165, 1.54) is 0 Å². The molecule has 6 heteroatoms. The molecule has 1 aromatic heterocycles. The molecule has 2 aromatic carbocycles. The number of methoxy groups -OCH3 is 1. The first-order valence-electron chi connectivity index (χ1n) is 8.27. The van der Waals surface area contributed by atoms with Gasteiger partial charge in [0.2, 0.25) is 0 Å². The van der Waals surface area contributed by atoms with Gasteiger partial charge in [-0.15, -0.1) is 0 Å². The van der Waals surface area contributed by atoms with E-state index in [-0.39, 0.29) is 23.3 Å². The fourth-order valence-electron chi connectivity index (χ4n) is 3.53. The number of nitrogens with zero attached hydrogens (tertiary/aromatic N) is 2. The maximum atomic E-state index is 13.0. The molecule has 1 N–H and O–H groups in total. The lowest BCUT2D eigenvalue weighted by atomic mass is 10.2. The van der Waals surface area contributed by atoms with Crippen LogP contribution >= 0.6 is 0 Å². The Morgan fingerprint density at radius 2 is 1.56 bits per heavy atom. The van der Waals surface area contributed by atoms with Crippen LogP contribution in [0.4, 0.5) is 5.69 Å². The molecule has 2 atom stereocenters. The van der Waals surface area contributed by atoms with Crippen LogP contribution in [-0.4, -0.2) is 16.5 Å². The van der Waals surface area contributed by atoms with Crippen molar-refractivity contribution in [2.45, 2.75) is 25.6 Å². The third kappa shape index (κ3) is 2.41. The maximum absolute atomic E-state index is 13.0. The smallest absolute Gasteiger partial charge is 0.275 e. The van der Waals surface area contributed by atoms with Crippen LogP contribution in [0.25, 0.3) is 10.8 Å². The van der Waals surface area contributed by atoms with Crippen molar-refractivity contribution in [1.29, 1.82) is 0 Å². The van der Waals surface area contributed by atoms with Gasteiger partial charge in [0, 0.05) is 12.1 Å². The molecule has 0 bridgehead atoms. The molecule has 25 heavy (non-hydrogen) atoms. The summed E-state index contributed by atoms with van der Waals surface area (Å²) in [6.45, 7) is 1.96. The molecule has 0 fully saturated rings. The Bertz CT molecular complexity index is 1050. The highest BCUT2D eigenvalue weighted by Crippen LogP contribution is 2.29. The van der Waals surface area contributed by atoms with Crippen LogP contribution in [-0.2, 0) is 0 Å². The van der Waals surface area contributed by atoms with Gasteiger partial charge in [-0.2, -0.15) is 0 Å². The number of hydrogen-bond donors (Lipinski definition) is 1. The lowest BCUT2D eigenvalue weighted by Gasteiger charge is -2.18. The molecule has 128 valence electrons. The summed E-state index contributed by atoms with van der Waals surface area (Å²) in [5.74, 6) is 0.769. The van der Waals surface area contributed by atoms with Crippen LogP contribution in [0.1, 0.15) is 25.6 Å². The van der Waals surface area contributed by atoms with E-state index in [0.29, 0.717) is 17.2 Å². The summed E-state index contributed by atoms with van der Waals surface area (Å²) in [7, 11) is 1.62. The SMILES string of the molecule is COc1ccc(NC2CC(C)n3c(=O)c4ccccc4c(=O)n32)cc1. The van der Waals surface area contributed by atoms with Crippen molar-refractivity contribution in [3.63, 3.8) is 0 Å². The van der Waals surface area contributed by atoms with E-state index in [1.54, 1.807) is 40.7 Å². The zero-order valence-corrected chi connectivity index (χ0v) is 14.1. The Morgan fingerprint density at radius 1 is 0.960 bits per heavy atom. The second kappa shape index (κ2) is 5.81. The standard InChI is InChI=1S/C19H19N3O3/c1-12-11-17(20-13-7-9-14(25-2)10-8-13)22-19(24)16-6-4-3-5-15(16)18(23)21(12)22/h3-10,12,17,20H,11H2,1-2H3. The monoisotopic (exact) mass is 337 g/mol. The van der Waals surface area contributed by atoms with Crippen molar-refractivity contribution >= 4 is 16.5 Å². The van der Waals surface area contributed by atoms with Gasteiger partial charge >= 0.3 is 0 Å². The summed E-state index contributed by atoms with van der Waals surface area (Å²) in [6, 6.07) is 14.4. The summed E-state index contributed by atoms with van der Waals surface area (Å²) in [4.78, 5) is 25.8. The normalized spacial score (nSPS) is 19.0. The maximum Gasteiger partial charge on any atom is 0.275 e. The molecule has 0 saturated carbocycles. The number of fused-ring (bicyclic) bond motifs is 2. The average molecular weight is 337 g/mol.